The quantitative estimate of drug-likeness (QED) is 0.128. The van der Waals surface area contributed by atoms with Gasteiger partial charge in [0.15, 0.2) is 0 Å². The van der Waals surface area contributed by atoms with Crippen LogP contribution in [0.1, 0.15) is 31.8 Å². The van der Waals surface area contributed by atoms with Crippen LogP contribution < -0.4 is 5.19 Å². The summed E-state index contributed by atoms with van der Waals surface area (Å²) in [5.74, 6) is -0.457. The zero-order chi connectivity index (χ0) is 37.0. The van der Waals surface area contributed by atoms with E-state index in [1.54, 1.807) is 13.8 Å². The van der Waals surface area contributed by atoms with E-state index in [0.29, 0.717) is 28.0 Å². The number of furan rings is 2. The van der Waals surface area contributed by atoms with Gasteiger partial charge in [0.1, 0.15) is 11.2 Å². The summed E-state index contributed by atoms with van der Waals surface area (Å²) in [5.41, 5.74) is 5.39. The molecule has 0 unspecified atom stereocenters. The molecule has 8 aromatic rings. The van der Waals surface area contributed by atoms with Gasteiger partial charge in [-0.1, -0.05) is 105 Å². The van der Waals surface area contributed by atoms with Gasteiger partial charge in [0.25, 0.3) is 0 Å². The molecular formula is C42H38IrN2O2Si-2. The van der Waals surface area contributed by atoms with Crippen molar-refractivity contribution in [1.29, 1.82) is 0 Å². The van der Waals surface area contributed by atoms with Crippen LogP contribution in [0, 0.1) is 24.9 Å². The molecule has 6 heteroatoms. The minimum Gasteiger partial charge on any atom is -0.501 e. The minimum absolute atomic E-state index is 0. The van der Waals surface area contributed by atoms with Gasteiger partial charge in [0.2, 0.25) is 0 Å². The first-order valence-electron chi connectivity index (χ1n) is 18.3. The van der Waals surface area contributed by atoms with Gasteiger partial charge in [0.05, 0.1) is 19.2 Å². The fraction of sp³-hybridized carbons (Fsp3) is 0.190. The summed E-state index contributed by atoms with van der Waals surface area (Å²) in [4.78, 5) is 8.99. The van der Waals surface area contributed by atoms with Crippen LogP contribution in [0.25, 0.3) is 66.4 Å². The molecule has 0 fully saturated rings. The van der Waals surface area contributed by atoms with E-state index in [9.17, 15) is 0 Å². The number of para-hydroxylation sites is 2. The maximum absolute atomic E-state index is 8.69. The van der Waals surface area contributed by atoms with Crippen LogP contribution in [-0.4, -0.2) is 18.0 Å². The van der Waals surface area contributed by atoms with Crippen molar-refractivity contribution in [2.45, 2.75) is 46.7 Å². The molecule has 4 aromatic heterocycles. The summed E-state index contributed by atoms with van der Waals surface area (Å²) in [6, 6.07) is 35.8. The number of pyridine rings is 2. The molecule has 4 nitrogen and oxygen atoms in total. The normalized spacial score (nSPS) is 13.8. The van der Waals surface area contributed by atoms with E-state index in [2.05, 4.69) is 53.9 Å². The molecular weight excluding hydrogens is 785 g/mol. The fourth-order valence-corrected chi connectivity index (χ4v) is 6.81. The van der Waals surface area contributed by atoms with Crippen molar-refractivity contribution in [2.75, 3.05) is 0 Å². The van der Waals surface area contributed by atoms with Gasteiger partial charge in [0, 0.05) is 44.7 Å². The Morgan fingerprint density at radius 3 is 2.15 bits per heavy atom. The minimum atomic E-state index is -2.51. The largest absolute Gasteiger partial charge is 0.501 e. The Labute approximate surface area is 303 Å². The van der Waals surface area contributed by atoms with Crippen molar-refractivity contribution in [2.24, 2.45) is 5.92 Å². The van der Waals surface area contributed by atoms with Crippen LogP contribution in [0.2, 0.25) is 19.6 Å². The Hall–Kier alpha value is -4.35. The molecule has 0 saturated heterocycles. The Balaban J connectivity index is 0.000000238. The van der Waals surface area contributed by atoms with E-state index in [1.807, 2.05) is 79.0 Å². The standard InChI is InChI=1S/C28H22NO2.C14H16NSi.Ir/c1-16(2)12-18-13-22(29-15-17(18)3)21-14-25-26(19-8-4-6-10-23(19)30-25)27-20-9-5-7-11-24(20)31-28(21)27;1-16(2,3)13-9-10-14(15-11-13)12-7-5-4-6-8-12;/h4-11,13,15-16H,12H2,1-3H3;4-7,9-11H,1-3H3;/q2*-1;/i3D3,12D2;;. The number of rotatable bonds is 5. The van der Waals surface area contributed by atoms with Gasteiger partial charge in [-0.3, -0.25) is 0 Å². The second-order valence-electron chi connectivity index (χ2n) is 13.0. The molecule has 0 aliphatic carbocycles. The Kier molecular flexibility index (Phi) is 7.84. The van der Waals surface area contributed by atoms with Gasteiger partial charge in [-0.25, -0.2) is 0 Å². The third-order valence-corrected chi connectivity index (χ3v) is 10.2. The van der Waals surface area contributed by atoms with Crippen molar-refractivity contribution in [1.82, 2.24) is 9.97 Å². The third kappa shape index (κ3) is 6.53. The molecule has 1 radical (unpaired) electrons. The van der Waals surface area contributed by atoms with Crippen LogP contribution in [0.5, 0.6) is 0 Å². The molecule has 0 N–H and O–H groups in total. The monoisotopic (exact) mass is 828 g/mol. The summed E-state index contributed by atoms with van der Waals surface area (Å²) >= 11 is 0. The van der Waals surface area contributed by atoms with Crippen molar-refractivity contribution >= 4 is 57.1 Å². The Bertz CT molecular complexity index is 2560. The SMILES string of the molecule is C[Si](C)(C)c1ccc(-c2[c-]cccc2)nc1.[2H]C([2H])([2H])c1cnc(-c2[c-]c3oc4ccccc4c3c3c2oc2ccccc23)cc1C([2H])([2H])C(C)C.[Ir]. The predicted octanol–water partition coefficient (Wildman–Crippen LogP) is 10.9. The fourth-order valence-electron chi connectivity index (χ4n) is 5.77. The van der Waals surface area contributed by atoms with E-state index >= 15 is 0 Å². The Morgan fingerprint density at radius 2 is 1.50 bits per heavy atom. The van der Waals surface area contributed by atoms with Crippen LogP contribution >= 0.6 is 0 Å². The first kappa shape index (κ1) is 27.6. The molecule has 0 aliphatic heterocycles. The summed E-state index contributed by atoms with van der Waals surface area (Å²) in [6.45, 7) is 7.94. The topological polar surface area (TPSA) is 52.1 Å². The van der Waals surface area contributed by atoms with E-state index in [0.717, 1.165) is 38.4 Å². The van der Waals surface area contributed by atoms with Gasteiger partial charge in [-0.2, -0.15) is 0 Å². The maximum Gasteiger partial charge on any atom is 0.123 e. The van der Waals surface area contributed by atoms with E-state index in [-0.39, 0.29) is 31.2 Å². The van der Waals surface area contributed by atoms with Crippen molar-refractivity contribution in [3.8, 4) is 22.5 Å². The average Bonchev–Trinajstić information content (AvgIpc) is 3.69. The molecule has 4 aromatic carbocycles. The first-order valence-corrected chi connectivity index (χ1v) is 19.3. The summed E-state index contributed by atoms with van der Waals surface area (Å²) in [6.07, 6.45) is 1.38. The van der Waals surface area contributed by atoms with Crippen LogP contribution in [0.15, 0.2) is 112 Å². The molecule has 243 valence electrons. The van der Waals surface area contributed by atoms with Gasteiger partial charge >= 0.3 is 0 Å². The number of hydrogen-bond donors (Lipinski definition) is 0. The van der Waals surface area contributed by atoms with E-state index < -0.39 is 27.2 Å². The summed E-state index contributed by atoms with van der Waals surface area (Å²) in [7, 11) is -1.23. The van der Waals surface area contributed by atoms with Crippen molar-refractivity contribution in [3.05, 3.63) is 127 Å². The van der Waals surface area contributed by atoms with Crippen LogP contribution in [0.4, 0.5) is 0 Å². The molecule has 0 atom stereocenters. The van der Waals surface area contributed by atoms with E-state index in [4.69, 9.17) is 15.7 Å². The van der Waals surface area contributed by atoms with Crippen molar-refractivity contribution in [3.63, 3.8) is 0 Å². The molecule has 0 aliphatic rings. The number of hydrogen-bond acceptors (Lipinski definition) is 4. The molecule has 48 heavy (non-hydrogen) atoms. The van der Waals surface area contributed by atoms with Crippen LogP contribution in [0.3, 0.4) is 0 Å². The smallest absolute Gasteiger partial charge is 0.123 e. The molecule has 4 heterocycles. The molecule has 0 amide bonds. The molecule has 8 rings (SSSR count). The molecule has 0 spiro atoms. The number of benzene rings is 4. The van der Waals surface area contributed by atoms with Gasteiger partial charge in [-0.05, 0) is 69.6 Å². The number of aryl methyl sites for hydroxylation is 1. The molecule has 0 bridgehead atoms. The average molecular weight is 828 g/mol. The number of aromatic nitrogens is 2. The van der Waals surface area contributed by atoms with Gasteiger partial charge < -0.3 is 18.8 Å². The zero-order valence-corrected chi connectivity index (χ0v) is 30.8. The summed E-state index contributed by atoms with van der Waals surface area (Å²) < 4.78 is 53.8. The number of fused-ring (bicyclic) bond motifs is 7. The first-order chi connectivity index (χ1) is 24.6. The maximum atomic E-state index is 8.69. The van der Waals surface area contributed by atoms with Crippen LogP contribution in [-0.2, 0) is 26.5 Å². The molecule has 0 saturated carbocycles. The second-order valence-corrected chi connectivity index (χ2v) is 18.1. The number of nitrogens with zero attached hydrogens (tertiary/aromatic N) is 2. The van der Waals surface area contributed by atoms with E-state index in [1.165, 1.54) is 17.4 Å². The second kappa shape index (κ2) is 13.6. The third-order valence-electron chi connectivity index (χ3n) is 8.13. The Morgan fingerprint density at radius 1 is 0.812 bits per heavy atom. The zero-order valence-electron chi connectivity index (χ0n) is 32.4. The van der Waals surface area contributed by atoms with Gasteiger partial charge in [-0.15, -0.1) is 35.9 Å². The predicted molar refractivity (Wildman–Crippen MR) is 198 cm³/mol. The summed E-state index contributed by atoms with van der Waals surface area (Å²) in [5, 5.41) is 4.98. The van der Waals surface area contributed by atoms with Crippen molar-refractivity contribution < 1.29 is 35.8 Å².